The van der Waals surface area contributed by atoms with Gasteiger partial charge in [-0.15, -0.1) is 0 Å². The van der Waals surface area contributed by atoms with Crippen molar-refractivity contribution in [2.75, 3.05) is 5.32 Å². The van der Waals surface area contributed by atoms with E-state index in [1.54, 1.807) is 17.1 Å². The number of rotatable bonds is 4. The van der Waals surface area contributed by atoms with Gasteiger partial charge in [0.05, 0.1) is 17.4 Å². The van der Waals surface area contributed by atoms with Crippen LogP contribution >= 0.6 is 0 Å². The number of carbonyl (C=O) groups is 1. The number of amides is 1. The molecule has 1 amide bonds. The van der Waals surface area contributed by atoms with Crippen LogP contribution in [0.25, 0.3) is 22.0 Å². The number of benzene rings is 2. The number of hydrogen-bond donors (Lipinski definition) is 1. The monoisotopic (exact) mass is 370 g/mol. The zero-order valence-electron chi connectivity index (χ0n) is 16.2. The van der Waals surface area contributed by atoms with Gasteiger partial charge in [-0.1, -0.05) is 42.5 Å². The average molecular weight is 370 g/mol. The van der Waals surface area contributed by atoms with E-state index in [9.17, 15) is 4.79 Å². The lowest BCUT2D eigenvalue weighted by molar-refractivity contribution is -0.123. The molecule has 140 valence electrons. The van der Waals surface area contributed by atoms with Crippen molar-refractivity contribution in [2.24, 2.45) is 0 Å². The summed E-state index contributed by atoms with van der Waals surface area (Å²) >= 11 is 0. The fraction of sp³-hybridized carbons (Fsp3) is 0.174. The highest BCUT2D eigenvalue weighted by Crippen LogP contribution is 2.27. The first-order chi connectivity index (χ1) is 13.5. The Hall–Kier alpha value is -3.47. The summed E-state index contributed by atoms with van der Waals surface area (Å²) in [6, 6.07) is 17.8. The number of carbonyl (C=O) groups excluding carboxylic acids is 1. The minimum atomic E-state index is -0.863. The molecule has 2 aromatic carbocycles. The van der Waals surface area contributed by atoms with Crippen LogP contribution in [0.2, 0.25) is 0 Å². The van der Waals surface area contributed by atoms with Gasteiger partial charge in [0, 0.05) is 23.3 Å². The number of nitrogens with one attached hydrogen (secondary N) is 1. The molecule has 4 rings (SSSR count). The maximum Gasteiger partial charge on any atom is 0.251 e. The van der Waals surface area contributed by atoms with Gasteiger partial charge >= 0.3 is 0 Å². The third-order valence-corrected chi connectivity index (χ3v) is 5.05. The summed E-state index contributed by atoms with van der Waals surface area (Å²) < 4.78 is 1.71. The molecule has 0 saturated carbocycles. The Morgan fingerprint density at radius 1 is 1.04 bits per heavy atom. The number of fused-ring (bicyclic) bond motifs is 1. The SMILES string of the molecule is Cc1ccccc1-c1cnn(C(C)(C)C(=O)Nc2cccc3cccnc23)c1. The van der Waals surface area contributed by atoms with Gasteiger partial charge in [0.25, 0.3) is 5.91 Å². The van der Waals surface area contributed by atoms with Gasteiger partial charge in [-0.2, -0.15) is 5.10 Å². The van der Waals surface area contributed by atoms with Crippen LogP contribution in [0.4, 0.5) is 5.69 Å². The summed E-state index contributed by atoms with van der Waals surface area (Å²) in [5.41, 5.74) is 3.88. The van der Waals surface area contributed by atoms with Gasteiger partial charge in [0.2, 0.25) is 0 Å². The summed E-state index contributed by atoms with van der Waals surface area (Å²) in [4.78, 5) is 17.5. The van der Waals surface area contributed by atoms with E-state index in [0.29, 0.717) is 5.69 Å². The number of para-hydroxylation sites is 1. The Labute approximate surface area is 164 Å². The van der Waals surface area contributed by atoms with Crippen molar-refractivity contribution in [3.63, 3.8) is 0 Å². The first-order valence-corrected chi connectivity index (χ1v) is 9.23. The van der Waals surface area contributed by atoms with Crippen LogP contribution in [0.3, 0.4) is 0 Å². The zero-order valence-corrected chi connectivity index (χ0v) is 16.2. The third-order valence-electron chi connectivity index (χ3n) is 5.05. The topological polar surface area (TPSA) is 59.8 Å². The van der Waals surface area contributed by atoms with Gasteiger partial charge in [-0.05, 0) is 44.0 Å². The molecule has 2 heterocycles. The van der Waals surface area contributed by atoms with Crippen LogP contribution in [0.5, 0.6) is 0 Å². The minimum Gasteiger partial charge on any atom is -0.322 e. The molecule has 2 aromatic heterocycles. The molecule has 0 unspecified atom stereocenters. The molecule has 0 aliphatic rings. The Balaban J connectivity index is 1.63. The summed E-state index contributed by atoms with van der Waals surface area (Å²) in [5.74, 6) is -0.148. The molecule has 0 fully saturated rings. The smallest absolute Gasteiger partial charge is 0.251 e. The van der Waals surface area contributed by atoms with Crippen molar-refractivity contribution >= 4 is 22.5 Å². The molecule has 0 aliphatic heterocycles. The largest absolute Gasteiger partial charge is 0.322 e. The van der Waals surface area contributed by atoms with E-state index in [2.05, 4.69) is 34.5 Å². The molecule has 5 nitrogen and oxygen atoms in total. The van der Waals surface area contributed by atoms with Gasteiger partial charge in [-0.25, -0.2) is 0 Å². The second-order valence-corrected chi connectivity index (χ2v) is 7.38. The van der Waals surface area contributed by atoms with E-state index in [0.717, 1.165) is 22.0 Å². The van der Waals surface area contributed by atoms with E-state index in [4.69, 9.17) is 0 Å². The second-order valence-electron chi connectivity index (χ2n) is 7.38. The Morgan fingerprint density at radius 2 is 1.82 bits per heavy atom. The normalized spacial score (nSPS) is 11.5. The van der Waals surface area contributed by atoms with Crippen LogP contribution in [0.15, 0.2) is 73.2 Å². The van der Waals surface area contributed by atoms with Crippen LogP contribution in [-0.4, -0.2) is 20.7 Å². The zero-order chi connectivity index (χ0) is 19.7. The molecule has 0 bridgehead atoms. The Kier molecular flexibility index (Phi) is 4.43. The predicted molar refractivity (Wildman–Crippen MR) is 112 cm³/mol. The molecular formula is C23H22N4O. The molecule has 28 heavy (non-hydrogen) atoms. The quantitative estimate of drug-likeness (QED) is 0.562. The predicted octanol–water partition coefficient (Wildman–Crippen LogP) is 4.78. The van der Waals surface area contributed by atoms with Gasteiger partial charge in [-0.3, -0.25) is 14.5 Å². The van der Waals surface area contributed by atoms with E-state index in [-0.39, 0.29) is 5.91 Å². The number of pyridine rings is 1. The van der Waals surface area contributed by atoms with Crippen molar-refractivity contribution in [2.45, 2.75) is 26.3 Å². The summed E-state index contributed by atoms with van der Waals surface area (Å²) in [7, 11) is 0. The molecule has 1 N–H and O–H groups in total. The van der Waals surface area contributed by atoms with Gasteiger partial charge in [0.15, 0.2) is 0 Å². The highest BCUT2D eigenvalue weighted by Gasteiger charge is 2.31. The first kappa shape index (κ1) is 17.9. The highest BCUT2D eigenvalue weighted by atomic mass is 16.2. The first-order valence-electron chi connectivity index (χ1n) is 9.23. The third kappa shape index (κ3) is 3.16. The number of anilines is 1. The number of nitrogens with zero attached hydrogens (tertiary/aromatic N) is 3. The maximum absolute atomic E-state index is 13.1. The van der Waals surface area contributed by atoms with E-state index in [1.165, 1.54) is 5.56 Å². The van der Waals surface area contributed by atoms with Crippen molar-refractivity contribution in [3.05, 3.63) is 78.8 Å². The van der Waals surface area contributed by atoms with Gasteiger partial charge in [0.1, 0.15) is 5.54 Å². The fourth-order valence-corrected chi connectivity index (χ4v) is 3.25. The molecular weight excluding hydrogens is 348 g/mol. The van der Waals surface area contributed by atoms with Crippen molar-refractivity contribution in [1.82, 2.24) is 14.8 Å². The lowest BCUT2D eigenvalue weighted by Gasteiger charge is -2.24. The average Bonchev–Trinajstić information content (AvgIpc) is 3.19. The molecule has 0 spiro atoms. The Bertz CT molecular complexity index is 1150. The lowest BCUT2D eigenvalue weighted by Crippen LogP contribution is -2.40. The maximum atomic E-state index is 13.1. The van der Waals surface area contributed by atoms with E-state index < -0.39 is 5.54 Å². The number of aromatic nitrogens is 3. The van der Waals surface area contributed by atoms with E-state index >= 15 is 0 Å². The second kappa shape index (κ2) is 6.93. The molecule has 5 heteroatoms. The standard InChI is InChI=1S/C23H22N4O/c1-16-8-4-5-11-19(16)18-14-25-27(15-18)23(2,3)22(28)26-20-12-6-9-17-10-7-13-24-21(17)20/h4-15H,1-3H3,(H,26,28). The van der Waals surface area contributed by atoms with Crippen molar-refractivity contribution in [1.29, 1.82) is 0 Å². The molecule has 4 aromatic rings. The molecule has 0 saturated heterocycles. The highest BCUT2D eigenvalue weighted by molar-refractivity contribution is 6.02. The van der Waals surface area contributed by atoms with Crippen LogP contribution in [0, 0.1) is 6.92 Å². The van der Waals surface area contributed by atoms with E-state index in [1.807, 2.05) is 62.5 Å². The Morgan fingerprint density at radius 3 is 2.64 bits per heavy atom. The van der Waals surface area contributed by atoms with Crippen LogP contribution in [-0.2, 0) is 10.3 Å². The number of aryl methyl sites for hydroxylation is 1. The molecule has 0 radical (unpaired) electrons. The lowest BCUT2D eigenvalue weighted by atomic mass is 10.0. The minimum absolute atomic E-state index is 0.148. The van der Waals surface area contributed by atoms with Gasteiger partial charge < -0.3 is 5.32 Å². The summed E-state index contributed by atoms with van der Waals surface area (Å²) in [6.07, 6.45) is 5.45. The van der Waals surface area contributed by atoms with Crippen molar-refractivity contribution < 1.29 is 4.79 Å². The fourth-order valence-electron chi connectivity index (χ4n) is 3.25. The van der Waals surface area contributed by atoms with Crippen molar-refractivity contribution in [3.8, 4) is 11.1 Å². The summed E-state index contributed by atoms with van der Waals surface area (Å²) in [5, 5.41) is 8.48. The van der Waals surface area contributed by atoms with Crippen LogP contribution in [0.1, 0.15) is 19.4 Å². The molecule has 0 aliphatic carbocycles. The van der Waals surface area contributed by atoms with Crippen LogP contribution < -0.4 is 5.32 Å². The number of hydrogen-bond acceptors (Lipinski definition) is 3. The summed E-state index contributed by atoms with van der Waals surface area (Å²) in [6.45, 7) is 5.78. The molecule has 0 atom stereocenters.